The zero-order valence-electron chi connectivity index (χ0n) is 6.36. The molecule has 2 nitrogen and oxygen atoms in total. The molecular weight excluding hydrogens is 284 g/mol. The van der Waals surface area contributed by atoms with Gasteiger partial charge in [-0.05, 0) is 50.4 Å². The van der Waals surface area contributed by atoms with Gasteiger partial charge in [-0.15, -0.1) is 0 Å². The number of H-pyrrole nitrogens is 1. The van der Waals surface area contributed by atoms with Crippen LogP contribution in [-0.4, -0.2) is 10.2 Å². The van der Waals surface area contributed by atoms with Gasteiger partial charge >= 0.3 is 0 Å². The summed E-state index contributed by atoms with van der Waals surface area (Å²) in [6.45, 7) is 2.05. The van der Waals surface area contributed by atoms with Crippen LogP contribution in [0.5, 0.6) is 0 Å². The minimum absolute atomic E-state index is 0.929. The van der Waals surface area contributed by atoms with Gasteiger partial charge in [-0.3, -0.25) is 5.10 Å². The van der Waals surface area contributed by atoms with Crippen LogP contribution >= 0.6 is 31.9 Å². The van der Waals surface area contributed by atoms with Gasteiger partial charge in [-0.25, -0.2) is 0 Å². The second-order valence-corrected chi connectivity index (χ2v) is 4.22. The molecule has 1 heterocycles. The molecule has 0 aliphatic carbocycles. The first-order chi connectivity index (χ1) is 5.70. The standard InChI is InChI=1S/C8H6Br2N2/c1-4-2-3-5-7(6(4)9)11-12-8(5)10/h2-3H,1H3,(H,11,12). The SMILES string of the molecule is Cc1ccc2c(Br)[nH]nc2c1Br. The third-order valence-corrected chi connectivity index (χ3v) is 3.42. The number of nitrogens with zero attached hydrogens (tertiary/aromatic N) is 1. The maximum Gasteiger partial charge on any atom is 0.108 e. The molecule has 0 aliphatic heterocycles. The Hall–Kier alpha value is -0.350. The second kappa shape index (κ2) is 2.85. The van der Waals surface area contributed by atoms with Crippen LogP contribution in [0.15, 0.2) is 21.2 Å². The highest BCUT2D eigenvalue weighted by atomic mass is 79.9. The van der Waals surface area contributed by atoms with Crippen LogP contribution in [0.3, 0.4) is 0 Å². The summed E-state index contributed by atoms with van der Waals surface area (Å²) in [6.07, 6.45) is 0. The summed E-state index contributed by atoms with van der Waals surface area (Å²) < 4.78 is 1.99. The number of fused-ring (bicyclic) bond motifs is 1. The third-order valence-electron chi connectivity index (χ3n) is 1.81. The molecule has 0 atom stereocenters. The van der Waals surface area contributed by atoms with Gasteiger partial charge in [0.25, 0.3) is 0 Å². The van der Waals surface area contributed by atoms with Crippen LogP contribution in [0.1, 0.15) is 5.56 Å². The summed E-state index contributed by atoms with van der Waals surface area (Å²) in [4.78, 5) is 0. The number of hydrogen-bond acceptors (Lipinski definition) is 1. The average Bonchev–Trinajstić information content (AvgIpc) is 2.41. The molecule has 0 unspecified atom stereocenters. The molecule has 12 heavy (non-hydrogen) atoms. The maximum atomic E-state index is 4.16. The lowest BCUT2D eigenvalue weighted by atomic mass is 10.2. The fraction of sp³-hybridized carbons (Fsp3) is 0.125. The van der Waals surface area contributed by atoms with Crippen molar-refractivity contribution in [1.29, 1.82) is 0 Å². The summed E-state index contributed by atoms with van der Waals surface area (Å²) in [5, 5.41) is 8.15. The smallest absolute Gasteiger partial charge is 0.108 e. The number of aromatic amines is 1. The molecule has 1 aromatic heterocycles. The first-order valence-corrected chi connectivity index (χ1v) is 5.07. The number of rotatable bonds is 0. The van der Waals surface area contributed by atoms with Gasteiger partial charge < -0.3 is 0 Å². The number of nitrogens with one attached hydrogen (secondary N) is 1. The largest absolute Gasteiger partial charge is 0.270 e. The molecule has 0 radical (unpaired) electrons. The minimum Gasteiger partial charge on any atom is -0.270 e. The van der Waals surface area contributed by atoms with Crippen LogP contribution in [-0.2, 0) is 0 Å². The van der Waals surface area contributed by atoms with Crippen molar-refractivity contribution in [2.24, 2.45) is 0 Å². The van der Waals surface area contributed by atoms with Crippen LogP contribution in [0.2, 0.25) is 0 Å². The van der Waals surface area contributed by atoms with Gasteiger partial charge in [0.1, 0.15) is 10.1 Å². The Balaban J connectivity index is 2.93. The van der Waals surface area contributed by atoms with Crippen LogP contribution in [0.25, 0.3) is 10.9 Å². The highest BCUT2D eigenvalue weighted by Gasteiger charge is 2.06. The van der Waals surface area contributed by atoms with Crippen LogP contribution in [0, 0.1) is 6.92 Å². The monoisotopic (exact) mass is 288 g/mol. The van der Waals surface area contributed by atoms with Gasteiger partial charge in [-0.1, -0.05) is 6.07 Å². The van der Waals surface area contributed by atoms with E-state index in [1.807, 2.05) is 13.0 Å². The number of aryl methyl sites for hydroxylation is 1. The Morgan fingerprint density at radius 3 is 2.83 bits per heavy atom. The van der Waals surface area contributed by atoms with Crippen molar-refractivity contribution in [2.75, 3.05) is 0 Å². The first-order valence-electron chi connectivity index (χ1n) is 3.49. The molecule has 62 valence electrons. The van der Waals surface area contributed by atoms with Gasteiger partial charge in [0.2, 0.25) is 0 Å². The van der Waals surface area contributed by atoms with E-state index < -0.39 is 0 Å². The molecular formula is C8H6Br2N2. The molecule has 2 aromatic rings. The van der Waals surface area contributed by atoms with Gasteiger partial charge in [0, 0.05) is 9.86 Å². The maximum absolute atomic E-state index is 4.16. The van der Waals surface area contributed by atoms with E-state index in [0.717, 1.165) is 20.0 Å². The zero-order valence-corrected chi connectivity index (χ0v) is 9.53. The number of benzene rings is 1. The fourth-order valence-electron chi connectivity index (χ4n) is 1.12. The third kappa shape index (κ3) is 1.10. The predicted molar refractivity (Wildman–Crippen MR) is 56.2 cm³/mol. The molecule has 0 saturated heterocycles. The van der Waals surface area contributed by atoms with Crippen molar-refractivity contribution >= 4 is 42.8 Å². The van der Waals surface area contributed by atoms with E-state index in [9.17, 15) is 0 Å². The quantitative estimate of drug-likeness (QED) is 0.791. The number of halogens is 2. The summed E-state index contributed by atoms with van der Waals surface area (Å²) in [5.74, 6) is 0. The highest BCUT2D eigenvalue weighted by molar-refractivity contribution is 9.11. The fourth-order valence-corrected chi connectivity index (χ4v) is 1.96. The van der Waals surface area contributed by atoms with Crippen LogP contribution < -0.4 is 0 Å². The van der Waals surface area contributed by atoms with Gasteiger partial charge in [0.05, 0.1) is 0 Å². The molecule has 2 rings (SSSR count). The summed E-state index contributed by atoms with van der Waals surface area (Å²) >= 11 is 6.88. The summed E-state index contributed by atoms with van der Waals surface area (Å²) in [5.41, 5.74) is 2.17. The van der Waals surface area contributed by atoms with E-state index in [1.54, 1.807) is 0 Å². The molecule has 0 amide bonds. The lowest BCUT2D eigenvalue weighted by Crippen LogP contribution is -1.76. The van der Waals surface area contributed by atoms with Crippen molar-refractivity contribution in [1.82, 2.24) is 10.2 Å². The van der Waals surface area contributed by atoms with Crippen molar-refractivity contribution in [2.45, 2.75) is 6.92 Å². The second-order valence-electron chi connectivity index (χ2n) is 2.63. The molecule has 1 aromatic carbocycles. The summed E-state index contributed by atoms with van der Waals surface area (Å²) in [7, 11) is 0. The molecule has 1 N–H and O–H groups in total. The van der Waals surface area contributed by atoms with Crippen LogP contribution in [0.4, 0.5) is 0 Å². The predicted octanol–water partition coefficient (Wildman–Crippen LogP) is 3.40. The van der Waals surface area contributed by atoms with Crippen molar-refractivity contribution in [3.05, 3.63) is 26.8 Å². The Morgan fingerprint density at radius 2 is 2.08 bits per heavy atom. The topological polar surface area (TPSA) is 28.7 Å². The van der Waals surface area contributed by atoms with Gasteiger partial charge in [0.15, 0.2) is 0 Å². The Morgan fingerprint density at radius 1 is 1.33 bits per heavy atom. The zero-order chi connectivity index (χ0) is 8.72. The van der Waals surface area contributed by atoms with E-state index in [2.05, 4.69) is 48.1 Å². The summed E-state index contributed by atoms with van der Waals surface area (Å²) in [6, 6.07) is 4.11. The van der Waals surface area contributed by atoms with E-state index >= 15 is 0 Å². The normalized spacial score (nSPS) is 10.9. The molecule has 0 bridgehead atoms. The minimum atomic E-state index is 0.929. The molecule has 0 aliphatic rings. The lowest BCUT2D eigenvalue weighted by Gasteiger charge is -1.96. The first kappa shape index (κ1) is 8.26. The van der Waals surface area contributed by atoms with E-state index in [-0.39, 0.29) is 0 Å². The lowest BCUT2D eigenvalue weighted by molar-refractivity contribution is 1.09. The van der Waals surface area contributed by atoms with E-state index in [1.165, 1.54) is 5.56 Å². The molecule has 0 fully saturated rings. The Labute approximate surface area is 86.6 Å². The van der Waals surface area contributed by atoms with E-state index in [0.29, 0.717) is 0 Å². The Kier molecular flexibility index (Phi) is 1.96. The number of hydrogen-bond donors (Lipinski definition) is 1. The molecule has 0 saturated carbocycles. The van der Waals surface area contributed by atoms with Crippen molar-refractivity contribution < 1.29 is 0 Å². The Bertz CT molecular complexity index is 434. The van der Waals surface area contributed by atoms with Crippen molar-refractivity contribution in [3.8, 4) is 0 Å². The van der Waals surface area contributed by atoms with Crippen molar-refractivity contribution in [3.63, 3.8) is 0 Å². The average molecular weight is 290 g/mol. The molecule has 0 spiro atoms. The van der Waals surface area contributed by atoms with Gasteiger partial charge in [-0.2, -0.15) is 5.10 Å². The molecule has 4 heteroatoms. The highest BCUT2D eigenvalue weighted by Crippen LogP contribution is 2.29. The van der Waals surface area contributed by atoms with E-state index in [4.69, 9.17) is 0 Å². The number of aromatic nitrogens is 2.